The van der Waals surface area contributed by atoms with Crippen molar-refractivity contribution >= 4 is 0 Å². The van der Waals surface area contributed by atoms with Gasteiger partial charge in [0.2, 0.25) is 0 Å². The van der Waals surface area contributed by atoms with Gasteiger partial charge in [-0.2, -0.15) is 0 Å². The highest BCUT2D eigenvalue weighted by atomic mass is 16.5. The molecular weight excluding hydrogens is 108 g/mol. The van der Waals surface area contributed by atoms with Crippen molar-refractivity contribution < 1.29 is 14.9 Å². The maximum Gasteiger partial charge on any atom is 0.153 e. The average Bonchev–Trinajstić information content (AvgIpc) is 1.66. The minimum Gasteiger partial charge on any atom is -0.382 e. The van der Waals surface area contributed by atoms with Gasteiger partial charge >= 0.3 is 0 Å². The number of aliphatic hydroxyl groups is 2. The molecule has 0 aromatic rings. The molecule has 0 unspecified atom stereocenters. The van der Waals surface area contributed by atoms with E-state index >= 15 is 0 Å². The topological polar surface area (TPSA) is 49.7 Å². The Balaban J connectivity index is 2.72. The number of hydrogen-bond donors (Lipinski definition) is 2. The summed E-state index contributed by atoms with van der Waals surface area (Å²) in [7, 11) is 0. The minimum absolute atomic E-state index is 0.299. The summed E-state index contributed by atoms with van der Waals surface area (Å²) in [5, 5.41) is 16.5. The third kappa shape index (κ3) is 5.88. The van der Waals surface area contributed by atoms with Crippen molar-refractivity contribution in [2.45, 2.75) is 19.6 Å². The van der Waals surface area contributed by atoms with Gasteiger partial charge in [-0.25, -0.2) is 0 Å². The largest absolute Gasteiger partial charge is 0.382 e. The quantitative estimate of drug-likeness (QED) is 0.396. The first kappa shape index (κ1) is 7.88. The van der Waals surface area contributed by atoms with Gasteiger partial charge in [0.05, 0.1) is 6.61 Å². The van der Waals surface area contributed by atoms with Crippen LogP contribution in [0.15, 0.2) is 0 Å². The van der Waals surface area contributed by atoms with Crippen LogP contribution in [0.3, 0.4) is 0 Å². The molecule has 0 heterocycles. The normalized spacial score (nSPS) is 10.5. The molecule has 0 rings (SSSR count). The zero-order valence-electron chi connectivity index (χ0n) is 5.00. The van der Waals surface area contributed by atoms with E-state index in [0.717, 1.165) is 0 Å². The summed E-state index contributed by atoms with van der Waals surface area (Å²) in [5.74, 6) is 0. The first-order valence-corrected chi connectivity index (χ1v) is 2.71. The van der Waals surface area contributed by atoms with Gasteiger partial charge in [-0.05, 0) is 6.92 Å². The molecule has 0 aliphatic carbocycles. The van der Waals surface area contributed by atoms with Crippen LogP contribution in [0.1, 0.15) is 13.3 Å². The molecule has 3 heteroatoms. The lowest BCUT2D eigenvalue weighted by Gasteiger charge is -2.01. The molecule has 0 radical (unpaired) electrons. The maximum absolute atomic E-state index is 8.25. The van der Waals surface area contributed by atoms with Gasteiger partial charge in [0, 0.05) is 13.0 Å². The molecule has 0 spiro atoms. The number of rotatable bonds is 4. The fourth-order valence-electron chi connectivity index (χ4n) is 0.333. The first-order valence-electron chi connectivity index (χ1n) is 2.71. The Labute approximate surface area is 48.9 Å². The lowest BCUT2D eigenvalue weighted by Crippen LogP contribution is -2.08. The van der Waals surface area contributed by atoms with Crippen molar-refractivity contribution in [2.75, 3.05) is 13.2 Å². The van der Waals surface area contributed by atoms with Gasteiger partial charge in [0.15, 0.2) is 6.29 Å². The molecule has 0 saturated heterocycles. The van der Waals surface area contributed by atoms with Crippen LogP contribution < -0.4 is 0 Å². The summed E-state index contributed by atoms with van der Waals surface area (Å²) in [6.07, 6.45) is -0.921. The standard InChI is InChI=1S/C5H12O3/c1-2-8-4-3-5(6)7/h5-7H,2-4H2,1H3. The first-order chi connectivity index (χ1) is 3.77. The number of aliphatic hydroxyl groups excluding tert-OH is 1. The van der Waals surface area contributed by atoms with E-state index in [1.54, 1.807) is 0 Å². The lowest BCUT2D eigenvalue weighted by atomic mass is 10.4. The Morgan fingerprint density at radius 2 is 2.12 bits per heavy atom. The summed E-state index contributed by atoms with van der Waals surface area (Å²) in [4.78, 5) is 0. The fraction of sp³-hybridized carbons (Fsp3) is 1.00. The third-order valence-corrected chi connectivity index (χ3v) is 0.725. The van der Waals surface area contributed by atoms with Crippen molar-refractivity contribution in [1.29, 1.82) is 0 Å². The predicted octanol–water partition coefficient (Wildman–Crippen LogP) is -0.276. The van der Waals surface area contributed by atoms with E-state index in [-0.39, 0.29) is 0 Å². The van der Waals surface area contributed by atoms with E-state index in [0.29, 0.717) is 19.6 Å². The highest BCUT2D eigenvalue weighted by Gasteiger charge is 1.93. The van der Waals surface area contributed by atoms with Crippen LogP contribution in [0.4, 0.5) is 0 Å². The van der Waals surface area contributed by atoms with E-state index < -0.39 is 6.29 Å². The second-order valence-corrected chi connectivity index (χ2v) is 1.47. The highest BCUT2D eigenvalue weighted by molar-refractivity contribution is 4.34. The summed E-state index contributed by atoms with van der Waals surface area (Å²) < 4.78 is 4.82. The molecule has 0 saturated carbocycles. The molecule has 8 heavy (non-hydrogen) atoms. The minimum atomic E-state index is -1.22. The van der Waals surface area contributed by atoms with Crippen LogP contribution in [0, 0.1) is 0 Å². The Bertz CT molecular complexity index is 44.9. The molecule has 2 N–H and O–H groups in total. The molecule has 0 aliphatic heterocycles. The van der Waals surface area contributed by atoms with Crippen molar-refractivity contribution in [3.63, 3.8) is 0 Å². The molecule has 0 aliphatic rings. The predicted molar refractivity (Wildman–Crippen MR) is 29.3 cm³/mol. The van der Waals surface area contributed by atoms with Crippen molar-refractivity contribution in [3.05, 3.63) is 0 Å². The smallest absolute Gasteiger partial charge is 0.153 e. The molecule has 0 amide bonds. The third-order valence-electron chi connectivity index (χ3n) is 0.725. The Kier molecular flexibility index (Phi) is 4.95. The maximum atomic E-state index is 8.25. The van der Waals surface area contributed by atoms with Gasteiger partial charge in [0.1, 0.15) is 0 Å². The van der Waals surface area contributed by atoms with Crippen molar-refractivity contribution in [2.24, 2.45) is 0 Å². The molecule has 0 aromatic carbocycles. The van der Waals surface area contributed by atoms with Crippen LogP contribution in [-0.4, -0.2) is 29.7 Å². The van der Waals surface area contributed by atoms with Crippen LogP contribution in [0.25, 0.3) is 0 Å². The van der Waals surface area contributed by atoms with Gasteiger partial charge in [-0.3, -0.25) is 0 Å². The summed E-state index contributed by atoms with van der Waals surface area (Å²) in [6, 6.07) is 0. The number of ether oxygens (including phenoxy) is 1. The van der Waals surface area contributed by atoms with Crippen LogP contribution >= 0.6 is 0 Å². The molecule has 50 valence electrons. The molecular formula is C5H12O3. The van der Waals surface area contributed by atoms with Gasteiger partial charge in [0.25, 0.3) is 0 Å². The van der Waals surface area contributed by atoms with Crippen LogP contribution in [-0.2, 0) is 4.74 Å². The molecule has 0 fully saturated rings. The van der Waals surface area contributed by atoms with E-state index in [1.807, 2.05) is 6.92 Å². The summed E-state index contributed by atoms with van der Waals surface area (Å²) >= 11 is 0. The molecule has 3 nitrogen and oxygen atoms in total. The van der Waals surface area contributed by atoms with Crippen molar-refractivity contribution in [3.8, 4) is 0 Å². The zero-order valence-corrected chi connectivity index (χ0v) is 5.00. The van der Waals surface area contributed by atoms with E-state index in [1.165, 1.54) is 0 Å². The Morgan fingerprint density at radius 1 is 1.50 bits per heavy atom. The SMILES string of the molecule is CCOCCC(O)O. The van der Waals surface area contributed by atoms with Crippen LogP contribution in [0.2, 0.25) is 0 Å². The van der Waals surface area contributed by atoms with Gasteiger partial charge in [-0.1, -0.05) is 0 Å². The van der Waals surface area contributed by atoms with Crippen LogP contribution in [0.5, 0.6) is 0 Å². The second-order valence-electron chi connectivity index (χ2n) is 1.47. The summed E-state index contributed by atoms with van der Waals surface area (Å²) in [6.45, 7) is 2.92. The summed E-state index contributed by atoms with van der Waals surface area (Å²) in [5.41, 5.74) is 0. The Hall–Kier alpha value is -0.120. The molecule has 0 bridgehead atoms. The molecule has 0 atom stereocenters. The van der Waals surface area contributed by atoms with Gasteiger partial charge < -0.3 is 14.9 Å². The monoisotopic (exact) mass is 120 g/mol. The molecule has 0 aromatic heterocycles. The fourth-order valence-corrected chi connectivity index (χ4v) is 0.333. The average molecular weight is 120 g/mol. The second kappa shape index (κ2) is 5.03. The Morgan fingerprint density at radius 3 is 2.50 bits per heavy atom. The number of hydrogen-bond acceptors (Lipinski definition) is 3. The van der Waals surface area contributed by atoms with E-state index in [4.69, 9.17) is 14.9 Å². The van der Waals surface area contributed by atoms with E-state index in [2.05, 4.69) is 0 Å². The zero-order chi connectivity index (χ0) is 6.41. The highest BCUT2D eigenvalue weighted by Crippen LogP contribution is 1.85. The van der Waals surface area contributed by atoms with E-state index in [9.17, 15) is 0 Å². The lowest BCUT2D eigenvalue weighted by molar-refractivity contribution is -0.0601. The van der Waals surface area contributed by atoms with Gasteiger partial charge in [-0.15, -0.1) is 0 Å². The van der Waals surface area contributed by atoms with Crippen molar-refractivity contribution in [1.82, 2.24) is 0 Å².